The minimum absolute atomic E-state index is 0.946. The molecule has 1 heterocycles. The quantitative estimate of drug-likeness (QED) is 0.633. The smallest absolute Gasteiger partial charge is 0.000756 e. The Morgan fingerprint density at radius 1 is 1.40 bits per heavy atom. The average molecular weight is 213 g/mol. The van der Waals surface area contributed by atoms with E-state index in [4.69, 9.17) is 0 Å². The SMILES string of the molecule is CNCCCN(C)CCC1CCN(C)C1. The number of rotatable bonds is 7. The van der Waals surface area contributed by atoms with Gasteiger partial charge in [0.1, 0.15) is 0 Å². The maximum Gasteiger partial charge on any atom is 0.000756 e. The van der Waals surface area contributed by atoms with Gasteiger partial charge in [-0.3, -0.25) is 0 Å². The van der Waals surface area contributed by atoms with Crippen molar-refractivity contribution < 1.29 is 0 Å². The van der Waals surface area contributed by atoms with Crippen molar-refractivity contribution in [3.63, 3.8) is 0 Å². The Morgan fingerprint density at radius 3 is 2.80 bits per heavy atom. The number of nitrogens with zero attached hydrogens (tertiary/aromatic N) is 2. The van der Waals surface area contributed by atoms with Gasteiger partial charge >= 0.3 is 0 Å². The molecule has 0 amide bonds. The van der Waals surface area contributed by atoms with Crippen molar-refractivity contribution in [2.45, 2.75) is 19.3 Å². The second-order valence-corrected chi connectivity index (χ2v) is 4.97. The predicted octanol–water partition coefficient (Wildman–Crippen LogP) is 0.870. The molecule has 1 atom stereocenters. The molecule has 0 spiro atoms. The lowest BCUT2D eigenvalue weighted by atomic mass is 10.1. The molecule has 3 nitrogen and oxygen atoms in total. The summed E-state index contributed by atoms with van der Waals surface area (Å²) in [5, 5.41) is 3.19. The number of hydrogen-bond donors (Lipinski definition) is 1. The van der Waals surface area contributed by atoms with E-state index in [1.807, 2.05) is 7.05 Å². The highest BCUT2D eigenvalue weighted by atomic mass is 15.1. The minimum Gasteiger partial charge on any atom is -0.320 e. The Labute approximate surface area is 94.8 Å². The van der Waals surface area contributed by atoms with Crippen molar-refractivity contribution in [3.8, 4) is 0 Å². The van der Waals surface area contributed by atoms with E-state index in [9.17, 15) is 0 Å². The molecule has 0 radical (unpaired) electrons. The Kier molecular flexibility index (Phi) is 6.22. The molecule has 0 aromatic heterocycles. The van der Waals surface area contributed by atoms with E-state index in [1.165, 1.54) is 45.4 Å². The highest BCUT2D eigenvalue weighted by molar-refractivity contribution is 4.73. The predicted molar refractivity (Wildman–Crippen MR) is 66.3 cm³/mol. The van der Waals surface area contributed by atoms with Crippen LogP contribution >= 0.6 is 0 Å². The first-order valence-corrected chi connectivity index (χ1v) is 6.24. The largest absolute Gasteiger partial charge is 0.320 e. The van der Waals surface area contributed by atoms with Crippen molar-refractivity contribution >= 4 is 0 Å². The molecular formula is C12H27N3. The van der Waals surface area contributed by atoms with Gasteiger partial charge in [0.15, 0.2) is 0 Å². The summed E-state index contributed by atoms with van der Waals surface area (Å²) in [6.45, 7) is 6.24. The normalized spacial score (nSPS) is 22.8. The van der Waals surface area contributed by atoms with Crippen LogP contribution in [0, 0.1) is 5.92 Å². The maximum absolute atomic E-state index is 3.19. The van der Waals surface area contributed by atoms with Gasteiger partial charge in [0, 0.05) is 6.54 Å². The van der Waals surface area contributed by atoms with Crippen LogP contribution in [0.4, 0.5) is 0 Å². The van der Waals surface area contributed by atoms with Crippen LogP contribution in [0.25, 0.3) is 0 Å². The molecule has 0 aliphatic carbocycles. The lowest BCUT2D eigenvalue weighted by Crippen LogP contribution is -2.25. The van der Waals surface area contributed by atoms with Crippen LogP contribution in [0.3, 0.4) is 0 Å². The molecule has 1 saturated heterocycles. The molecule has 3 heteroatoms. The van der Waals surface area contributed by atoms with Crippen LogP contribution < -0.4 is 5.32 Å². The Bertz CT molecular complexity index is 161. The second-order valence-electron chi connectivity index (χ2n) is 4.97. The summed E-state index contributed by atoms with van der Waals surface area (Å²) in [6.07, 6.45) is 4.04. The van der Waals surface area contributed by atoms with Gasteiger partial charge in [-0.1, -0.05) is 0 Å². The number of hydrogen-bond acceptors (Lipinski definition) is 3. The fourth-order valence-electron chi connectivity index (χ4n) is 2.30. The zero-order valence-electron chi connectivity index (χ0n) is 10.6. The van der Waals surface area contributed by atoms with Crippen LogP contribution in [0.2, 0.25) is 0 Å². The van der Waals surface area contributed by atoms with E-state index in [2.05, 4.69) is 29.2 Å². The molecule has 1 aliphatic rings. The summed E-state index contributed by atoms with van der Waals surface area (Å²) < 4.78 is 0. The van der Waals surface area contributed by atoms with E-state index >= 15 is 0 Å². The van der Waals surface area contributed by atoms with E-state index in [1.54, 1.807) is 0 Å². The summed E-state index contributed by atoms with van der Waals surface area (Å²) in [7, 11) is 6.50. The monoisotopic (exact) mass is 213 g/mol. The van der Waals surface area contributed by atoms with Gasteiger partial charge in [-0.05, 0) is 72.5 Å². The first-order valence-electron chi connectivity index (χ1n) is 6.24. The molecule has 1 rings (SSSR count). The molecule has 90 valence electrons. The zero-order chi connectivity index (χ0) is 11.1. The number of nitrogens with one attached hydrogen (secondary N) is 1. The third-order valence-corrected chi connectivity index (χ3v) is 3.37. The van der Waals surface area contributed by atoms with Gasteiger partial charge in [-0.15, -0.1) is 0 Å². The topological polar surface area (TPSA) is 18.5 Å². The molecule has 0 bridgehead atoms. The van der Waals surface area contributed by atoms with Crippen LogP contribution in [0.15, 0.2) is 0 Å². The molecule has 0 aromatic rings. The van der Waals surface area contributed by atoms with Gasteiger partial charge in [0.05, 0.1) is 0 Å². The van der Waals surface area contributed by atoms with Gasteiger partial charge < -0.3 is 15.1 Å². The molecule has 1 N–H and O–H groups in total. The Balaban J connectivity index is 1.98. The summed E-state index contributed by atoms with van der Waals surface area (Å²) in [5.74, 6) is 0.946. The van der Waals surface area contributed by atoms with Crippen molar-refractivity contribution in [2.24, 2.45) is 5.92 Å². The van der Waals surface area contributed by atoms with Crippen LogP contribution in [-0.2, 0) is 0 Å². The molecule has 0 saturated carbocycles. The minimum atomic E-state index is 0.946. The van der Waals surface area contributed by atoms with E-state index in [0.29, 0.717) is 0 Å². The molecular weight excluding hydrogens is 186 g/mol. The third kappa shape index (κ3) is 5.50. The summed E-state index contributed by atoms with van der Waals surface area (Å²) in [5.41, 5.74) is 0. The fourth-order valence-corrected chi connectivity index (χ4v) is 2.30. The van der Waals surface area contributed by atoms with E-state index in [-0.39, 0.29) is 0 Å². The van der Waals surface area contributed by atoms with Crippen molar-refractivity contribution in [1.29, 1.82) is 0 Å². The second kappa shape index (κ2) is 7.20. The van der Waals surface area contributed by atoms with Crippen molar-refractivity contribution in [3.05, 3.63) is 0 Å². The fraction of sp³-hybridized carbons (Fsp3) is 1.00. The molecule has 1 unspecified atom stereocenters. The maximum atomic E-state index is 3.19. The first kappa shape index (κ1) is 12.9. The van der Waals surface area contributed by atoms with Gasteiger partial charge in [-0.25, -0.2) is 0 Å². The standard InChI is InChI=1S/C12H27N3/c1-13-7-4-8-14(2)9-5-12-6-10-15(3)11-12/h12-13H,4-11H2,1-3H3. The third-order valence-electron chi connectivity index (χ3n) is 3.37. The van der Waals surface area contributed by atoms with E-state index in [0.717, 1.165) is 12.5 Å². The van der Waals surface area contributed by atoms with Crippen LogP contribution in [0.5, 0.6) is 0 Å². The van der Waals surface area contributed by atoms with Crippen LogP contribution in [-0.4, -0.2) is 63.7 Å². The molecule has 15 heavy (non-hydrogen) atoms. The molecule has 1 fully saturated rings. The zero-order valence-corrected chi connectivity index (χ0v) is 10.6. The van der Waals surface area contributed by atoms with Gasteiger partial charge in [-0.2, -0.15) is 0 Å². The first-order chi connectivity index (χ1) is 7.22. The van der Waals surface area contributed by atoms with Crippen molar-refractivity contribution in [1.82, 2.24) is 15.1 Å². The lowest BCUT2D eigenvalue weighted by Gasteiger charge is -2.18. The Morgan fingerprint density at radius 2 is 2.20 bits per heavy atom. The van der Waals surface area contributed by atoms with E-state index < -0.39 is 0 Å². The molecule has 0 aromatic carbocycles. The summed E-state index contributed by atoms with van der Waals surface area (Å²) >= 11 is 0. The Hall–Kier alpha value is -0.120. The average Bonchev–Trinajstić information content (AvgIpc) is 2.62. The molecule has 1 aliphatic heterocycles. The summed E-state index contributed by atoms with van der Waals surface area (Å²) in [6, 6.07) is 0. The van der Waals surface area contributed by atoms with Gasteiger partial charge in [0.25, 0.3) is 0 Å². The number of likely N-dealkylation sites (tertiary alicyclic amines) is 1. The highest BCUT2D eigenvalue weighted by Gasteiger charge is 2.19. The van der Waals surface area contributed by atoms with Crippen LogP contribution in [0.1, 0.15) is 19.3 Å². The lowest BCUT2D eigenvalue weighted by molar-refractivity contribution is 0.293. The van der Waals surface area contributed by atoms with Gasteiger partial charge in [0.2, 0.25) is 0 Å². The van der Waals surface area contributed by atoms with Crippen molar-refractivity contribution in [2.75, 3.05) is 53.9 Å². The summed E-state index contributed by atoms with van der Waals surface area (Å²) in [4.78, 5) is 4.92. The highest BCUT2D eigenvalue weighted by Crippen LogP contribution is 2.17.